The minimum absolute atomic E-state index is 0.0000341. The molecule has 2 unspecified atom stereocenters. The first kappa shape index (κ1) is 71.1. The van der Waals surface area contributed by atoms with E-state index < -0.39 is 12.1 Å². The number of allylic oxidation sites excluding steroid dienone is 5. The number of hydrogen-bond donors (Lipinski definition) is 3. The van der Waals surface area contributed by atoms with Gasteiger partial charge >= 0.3 is 5.97 Å². The smallest absolute Gasteiger partial charge is 0.305 e. The average Bonchev–Trinajstić information content (AvgIpc) is 3.39. The molecular formula is C67H127NO5. The lowest BCUT2D eigenvalue weighted by Crippen LogP contribution is -2.45. The number of rotatable bonds is 61. The second-order valence-electron chi connectivity index (χ2n) is 22.4. The van der Waals surface area contributed by atoms with Gasteiger partial charge in [-0.15, -0.1) is 0 Å². The van der Waals surface area contributed by atoms with Gasteiger partial charge in [-0.05, 0) is 77.0 Å². The number of esters is 1. The molecule has 73 heavy (non-hydrogen) atoms. The van der Waals surface area contributed by atoms with Crippen molar-refractivity contribution in [3.63, 3.8) is 0 Å². The normalized spacial score (nSPS) is 12.8. The molecule has 0 aromatic carbocycles. The lowest BCUT2D eigenvalue weighted by atomic mass is 10.0. The second-order valence-corrected chi connectivity index (χ2v) is 22.4. The van der Waals surface area contributed by atoms with E-state index >= 15 is 0 Å². The van der Waals surface area contributed by atoms with Crippen LogP contribution in [0.4, 0.5) is 0 Å². The summed E-state index contributed by atoms with van der Waals surface area (Å²) in [5, 5.41) is 23.2. The minimum Gasteiger partial charge on any atom is -0.466 e. The fourth-order valence-electron chi connectivity index (χ4n) is 10.1. The summed E-state index contributed by atoms with van der Waals surface area (Å²) in [5.74, 6) is -0.0713. The molecule has 0 heterocycles. The first-order valence-corrected chi connectivity index (χ1v) is 32.8. The summed E-state index contributed by atoms with van der Waals surface area (Å²) < 4.78 is 5.46. The van der Waals surface area contributed by atoms with Gasteiger partial charge in [0.25, 0.3) is 0 Å². The van der Waals surface area contributed by atoms with Gasteiger partial charge in [-0.3, -0.25) is 9.59 Å². The van der Waals surface area contributed by atoms with E-state index in [0.29, 0.717) is 19.4 Å². The molecule has 0 aliphatic heterocycles. The highest BCUT2D eigenvalue weighted by atomic mass is 16.5. The molecule has 0 saturated heterocycles. The molecule has 0 aromatic heterocycles. The maximum Gasteiger partial charge on any atom is 0.305 e. The molecule has 3 N–H and O–H groups in total. The summed E-state index contributed by atoms with van der Waals surface area (Å²) >= 11 is 0. The molecule has 0 fully saturated rings. The largest absolute Gasteiger partial charge is 0.466 e. The molecular weight excluding hydrogens is 899 g/mol. The average molecular weight is 1030 g/mol. The molecule has 0 aliphatic carbocycles. The highest BCUT2D eigenvalue weighted by Gasteiger charge is 2.18. The number of aliphatic hydroxyl groups excluding tert-OH is 2. The van der Waals surface area contributed by atoms with Crippen molar-refractivity contribution in [2.75, 3.05) is 13.2 Å². The van der Waals surface area contributed by atoms with Gasteiger partial charge in [-0.1, -0.05) is 301 Å². The number of carbonyl (C=O) groups excluding carboxylic acids is 2. The van der Waals surface area contributed by atoms with Crippen LogP contribution in [0.1, 0.15) is 354 Å². The van der Waals surface area contributed by atoms with Crippen molar-refractivity contribution in [1.82, 2.24) is 5.32 Å². The summed E-state index contributed by atoms with van der Waals surface area (Å²) in [6, 6.07) is -0.634. The van der Waals surface area contributed by atoms with Crippen molar-refractivity contribution in [3.8, 4) is 0 Å². The molecule has 6 nitrogen and oxygen atoms in total. The Kier molecular flexibility index (Phi) is 61.0. The zero-order valence-electron chi connectivity index (χ0n) is 49.1. The van der Waals surface area contributed by atoms with Crippen LogP contribution in [-0.2, 0) is 14.3 Å². The maximum absolute atomic E-state index is 12.5. The van der Waals surface area contributed by atoms with E-state index in [1.807, 2.05) is 6.08 Å². The second kappa shape index (κ2) is 62.6. The third kappa shape index (κ3) is 59.2. The molecule has 0 aliphatic rings. The molecule has 2 atom stereocenters. The highest BCUT2D eigenvalue weighted by Crippen LogP contribution is 2.18. The molecule has 430 valence electrons. The van der Waals surface area contributed by atoms with Crippen molar-refractivity contribution < 1.29 is 24.5 Å². The van der Waals surface area contributed by atoms with Crippen molar-refractivity contribution in [1.29, 1.82) is 0 Å². The zero-order chi connectivity index (χ0) is 52.9. The lowest BCUT2D eigenvalue weighted by Gasteiger charge is -2.20. The van der Waals surface area contributed by atoms with E-state index in [9.17, 15) is 19.8 Å². The Labute approximate surface area is 455 Å². The Balaban J connectivity index is 3.45. The molecule has 0 spiro atoms. The Morgan fingerprint density at radius 3 is 1.01 bits per heavy atom. The maximum atomic E-state index is 12.5. The van der Waals surface area contributed by atoms with Crippen LogP contribution in [0.3, 0.4) is 0 Å². The number of carbonyl (C=O) groups is 2. The van der Waals surface area contributed by atoms with Gasteiger partial charge < -0.3 is 20.3 Å². The lowest BCUT2D eigenvalue weighted by molar-refractivity contribution is -0.143. The first-order valence-electron chi connectivity index (χ1n) is 32.8. The van der Waals surface area contributed by atoms with E-state index in [-0.39, 0.29) is 18.5 Å². The van der Waals surface area contributed by atoms with Gasteiger partial charge in [0, 0.05) is 12.8 Å². The molecule has 1 amide bonds. The molecule has 6 heteroatoms. The number of amides is 1. The van der Waals surface area contributed by atoms with Gasteiger partial charge in [0.2, 0.25) is 5.91 Å². The fraction of sp³-hybridized carbons (Fsp3) is 0.881. The van der Waals surface area contributed by atoms with Crippen molar-refractivity contribution in [2.24, 2.45) is 0 Å². The summed E-state index contributed by atoms with van der Waals surface area (Å²) in [6.45, 7) is 4.88. The zero-order valence-corrected chi connectivity index (χ0v) is 49.1. The molecule has 0 saturated carbocycles. The van der Waals surface area contributed by atoms with E-state index in [1.54, 1.807) is 6.08 Å². The molecule has 0 aromatic rings. The van der Waals surface area contributed by atoms with Crippen LogP contribution in [0.2, 0.25) is 0 Å². The third-order valence-electron chi connectivity index (χ3n) is 15.1. The Bertz CT molecular complexity index is 1180. The number of unbranched alkanes of at least 4 members (excludes halogenated alkanes) is 46. The van der Waals surface area contributed by atoms with Crippen LogP contribution in [-0.4, -0.2) is 47.4 Å². The van der Waals surface area contributed by atoms with Gasteiger partial charge in [-0.2, -0.15) is 0 Å². The topological polar surface area (TPSA) is 95.9 Å². The van der Waals surface area contributed by atoms with Crippen LogP contribution in [0, 0.1) is 0 Å². The van der Waals surface area contributed by atoms with E-state index in [1.165, 1.54) is 276 Å². The monoisotopic (exact) mass is 1030 g/mol. The molecule has 0 rings (SSSR count). The summed E-state index contributed by atoms with van der Waals surface area (Å²) in [5.41, 5.74) is 0. The highest BCUT2D eigenvalue weighted by molar-refractivity contribution is 5.76. The summed E-state index contributed by atoms with van der Waals surface area (Å²) in [4.78, 5) is 24.5. The van der Waals surface area contributed by atoms with Crippen LogP contribution in [0.25, 0.3) is 0 Å². The van der Waals surface area contributed by atoms with Crippen molar-refractivity contribution in [3.05, 3.63) is 36.5 Å². The van der Waals surface area contributed by atoms with Crippen LogP contribution in [0.15, 0.2) is 36.5 Å². The van der Waals surface area contributed by atoms with Gasteiger partial charge in [0.15, 0.2) is 0 Å². The predicted octanol–water partition coefficient (Wildman–Crippen LogP) is 20.8. The SMILES string of the molecule is CCCC/C=C\CCCCCCCC(=O)OCCCCCCCCCCCCCC/C=C\CCCCCCCCCC(=O)NC(CO)C(O)/C=C/CCCCCCCCCCCCCCCCCCCCCC. The minimum atomic E-state index is -0.850. The predicted molar refractivity (Wildman–Crippen MR) is 319 cm³/mol. The Morgan fingerprint density at radius 2 is 0.658 bits per heavy atom. The van der Waals surface area contributed by atoms with Crippen LogP contribution < -0.4 is 5.32 Å². The number of ether oxygens (including phenoxy) is 1. The van der Waals surface area contributed by atoms with Gasteiger partial charge in [0.05, 0.1) is 25.4 Å². The van der Waals surface area contributed by atoms with E-state index in [4.69, 9.17) is 4.74 Å². The standard InChI is InChI=1S/C67H127NO5/c1-3-5-7-9-11-13-15-16-17-18-19-20-24-27-30-33-36-40-43-47-51-55-59-65(70)64(63-69)68-66(71)60-56-52-48-44-41-37-34-31-28-25-22-21-23-26-29-32-35-38-42-46-50-54-58-62-73-67(72)61-57-53-49-45-39-14-12-10-8-6-4-2/h10,12,25,28,55,59,64-65,69-70H,3-9,11,13-24,26-27,29-54,56-58,60-63H2,1-2H3,(H,68,71)/b12-10-,28-25-,59-55+. The summed E-state index contributed by atoms with van der Waals surface area (Å²) in [7, 11) is 0. The van der Waals surface area contributed by atoms with Gasteiger partial charge in [-0.25, -0.2) is 0 Å². The van der Waals surface area contributed by atoms with Crippen LogP contribution >= 0.6 is 0 Å². The summed E-state index contributed by atoms with van der Waals surface area (Å²) in [6.07, 6.45) is 79.1. The number of aliphatic hydroxyl groups is 2. The third-order valence-corrected chi connectivity index (χ3v) is 15.1. The number of nitrogens with one attached hydrogen (secondary N) is 1. The Hall–Kier alpha value is -1.92. The van der Waals surface area contributed by atoms with Crippen molar-refractivity contribution in [2.45, 2.75) is 366 Å². The van der Waals surface area contributed by atoms with E-state index in [0.717, 1.165) is 51.4 Å². The van der Waals surface area contributed by atoms with Gasteiger partial charge in [0.1, 0.15) is 0 Å². The first-order chi connectivity index (χ1) is 36.0. The molecule has 0 bridgehead atoms. The van der Waals surface area contributed by atoms with E-state index in [2.05, 4.69) is 43.5 Å². The fourth-order valence-corrected chi connectivity index (χ4v) is 10.1. The van der Waals surface area contributed by atoms with Crippen LogP contribution in [0.5, 0.6) is 0 Å². The molecule has 0 radical (unpaired) electrons. The van der Waals surface area contributed by atoms with Crippen molar-refractivity contribution >= 4 is 11.9 Å². The quantitative estimate of drug-likeness (QED) is 0.0320. The number of hydrogen-bond acceptors (Lipinski definition) is 5. The Morgan fingerprint density at radius 1 is 0.370 bits per heavy atom.